The second kappa shape index (κ2) is 6.01. The molecule has 2 rings (SSSR count). The molecule has 1 aliphatic rings. The molecule has 0 atom stereocenters. The summed E-state index contributed by atoms with van der Waals surface area (Å²) >= 11 is 0. The van der Waals surface area contributed by atoms with Crippen LogP contribution in [0, 0.1) is 18.8 Å². The molecule has 0 bridgehead atoms. The van der Waals surface area contributed by atoms with Gasteiger partial charge in [-0.2, -0.15) is 0 Å². The van der Waals surface area contributed by atoms with Crippen LogP contribution in [-0.4, -0.2) is 35.2 Å². The van der Waals surface area contributed by atoms with Crippen molar-refractivity contribution in [1.29, 1.82) is 0 Å². The SMILES string of the molecule is COC(=O)N1CC/C(=C\C#Cc2cccc(C)n2)C1(C)C. The van der Waals surface area contributed by atoms with E-state index < -0.39 is 0 Å². The van der Waals surface area contributed by atoms with Gasteiger partial charge in [0.2, 0.25) is 0 Å². The Labute approximate surface area is 125 Å². The highest BCUT2D eigenvalue weighted by Crippen LogP contribution is 2.34. The van der Waals surface area contributed by atoms with Crippen molar-refractivity contribution in [2.75, 3.05) is 13.7 Å². The molecule has 1 aromatic heterocycles. The van der Waals surface area contributed by atoms with E-state index in [0.717, 1.165) is 23.4 Å². The van der Waals surface area contributed by atoms with Crippen LogP contribution >= 0.6 is 0 Å². The third-order valence-electron chi connectivity index (χ3n) is 3.80. The summed E-state index contributed by atoms with van der Waals surface area (Å²) in [5.74, 6) is 6.09. The Balaban J connectivity index is 2.18. The summed E-state index contributed by atoms with van der Waals surface area (Å²) in [6, 6.07) is 5.77. The van der Waals surface area contributed by atoms with Gasteiger partial charge in [-0.05, 0) is 56.9 Å². The van der Waals surface area contributed by atoms with Crippen LogP contribution in [0.15, 0.2) is 29.8 Å². The van der Waals surface area contributed by atoms with Crippen molar-refractivity contribution >= 4 is 6.09 Å². The summed E-state index contributed by atoms with van der Waals surface area (Å²) in [6.07, 6.45) is 2.42. The molecule has 0 aliphatic carbocycles. The van der Waals surface area contributed by atoms with E-state index in [2.05, 4.69) is 16.8 Å². The smallest absolute Gasteiger partial charge is 0.410 e. The minimum atomic E-state index is -0.359. The number of carbonyl (C=O) groups excluding carboxylic acids is 1. The van der Waals surface area contributed by atoms with Crippen molar-refractivity contribution in [3.8, 4) is 11.8 Å². The molecule has 0 unspecified atom stereocenters. The number of likely N-dealkylation sites (tertiary alicyclic amines) is 1. The van der Waals surface area contributed by atoms with Crippen molar-refractivity contribution in [3.63, 3.8) is 0 Å². The molecule has 110 valence electrons. The number of methoxy groups -OCH3 is 1. The fourth-order valence-electron chi connectivity index (χ4n) is 2.48. The van der Waals surface area contributed by atoms with E-state index in [0.29, 0.717) is 6.54 Å². The second-order valence-corrected chi connectivity index (χ2v) is 5.53. The molecule has 1 saturated heterocycles. The quantitative estimate of drug-likeness (QED) is 0.688. The van der Waals surface area contributed by atoms with Crippen LogP contribution in [-0.2, 0) is 4.74 Å². The lowest BCUT2D eigenvalue weighted by Gasteiger charge is -2.31. The Morgan fingerprint density at radius 3 is 2.90 bits per heavy atom. The van der Waals surface area contributed by atoms with Crippen LogP contribution in [0.4, 0.5) is 4.79 Å². The van der Waals surface area contributed by atoms with Crippen LogP contribution < -0.4 is 0 Å². The number of rotatable bonds is 0. The summed E-state index contributed by atoms with van der Waals surface area (Å²) in [7, 11) is 1.41. The zero-order chi connectivity index (χ0) is 15.5. The van der Waals surface area contributed by atoms with Gasteiger partial charge in [0.15, 0.2) is 0 Å². The van der Waals surface area contributed by atoms with Gasteiger partial charge in [0, 0.05) is 12.2 Å². The molecular weight excluding hydrogens is 264 g/mol. The van der Waals surface area contributed by atoms with Gasteiger partial charge in [0.1, 0.15) is 5.69 Å². The third-order valence-corrected chi connectivity index (χ3v) is 3.80. The van der Waals surface area contributed by atoms with Gasteiger partial charge >= 0.3 is 6.09 Å². The molecule has 4 nitrogen and oxygen atoms in total. The molecule has 0 spiro atoms. The zero-order valence-corrected chi connectivity index (χ0v) is 12.9. The number of carbonyl (C=O) groups is 1. The molecule has 4 heteroatoms. The maximum absolute atomic E-state index is 11.7. The van der Waals surface area contributed by atoms with Crippen molar-refractivity contribution in [3.05, 3.63) is 41.2 Å². The molecule has 0 aromatic carbocycles. The third kappa shape index (κ3) is 3.25. The van der Waals surface area contributed by atoms with E-state index in [9.17, 15) is 4.79 Å². The summed E-state index contributed by atoms with van der Waals surface area (Å²) in [4.78, 5) is 17.8. The van der Waals surface area contributed by atoms with Gasteiger partial charge in [-0.15, -0.1) is 0 Å². The first kappa shape index (κ1) is 15.1. The summed E-state index contributed by atoms with van der Waals surface area (Å²) in [6.45, 7) is 6.62. The lowest BCUT2D eigenvalue weighted by molar-refractivity contribution is 0.105. The van der Waals surface area contributed by atoms with Crippen LogP contribution in [0.3, 0.4) is 0 Å². The Morgan fingerprint density at radius 2 is 2.24 bits per heavy atom. The number of aryl methyl sites for hydroxylation is 1. The molecule has 1 fully saturated rings. The minimum Gasteiger partial charge on any atom is -0.453 e. The Kier molecular flexibility index (Phi) is 4.32. The largest absolute Gasteiger partial charge is 0.453 e. The Bertz CT molecular complexity index is 636. The summed E-state index contributed by atoms with van der Waals surface area (Å²) in [5.41, 5.74) is 2.48. The normalized spacial score (nSPS) is 18.3. The van der Waals surface area contributed by atoms with Crippen molar-refractivity contribution in [2.45, 2.75) is 32.7 Å². The number of aromatic nitrogens is 1. The number of hydrogen-bond donors (Lipinski definition) is 0. The molecule has 2 heterocycles. The maximum atomic E-state index is 11.7. The lowest BCUT2D eigenvalue weighted by Crippen LogP contribution is -2.43. The topological polar surface area (TPSA) is 42.4 Å². The van der Waals surface area contributed by atoms with Crippen LogP contribution in [0.1, 0.15) is 31.7 Å². The van der Waals surface area contributed by atoms with Crippen LogP contribution in [0.5, 0.6) is 0 Å². The number of pyridine rings is 1. The molecular formula is C17H20N2O2. The molecule has 0 saturated carbocycles. The van der Waals surface area contributed by atoms with E-state index in [1.807, 2.05) is 45.0 Å². The fraction of sp³-hybridized carbons (Fsp3) is 0.412. The van der Waals surface area contributed by atoms with Gasteiger partial charge in [0.05, 0.1) is 12.6 Å². The first-order chi connectivity index (χ1) is 9.95. The lowest BCUT2D eigenvalue weighted by atomic mass is 9.95. The second-order valence-electron chi connectivity index (χ2n) is 5.53. The monoisotopic (exact) mass is 284 g/mol. The number of hydrogen-bond acceptors (Lipinski definition) is 3. The molecule has 1 aromatic rings. The van der Waals surface area contributed by atoms with Gasteiger partial charge in [-0.25, -0.2) is 9.78 Å². The average Bonchev–Trinajstić information content (AvgIpc) is 2.73. The van der Waals surface area contributed by atoms with E-state index in [4.69, 9.17) is 4.74 Å². The number of ether oxygens (including phenoxy) is 1. The maximum Gasteiger partial charge on any atom is 0.410 e. The van der Waals surface area contributed by atoms with Crippen molar-refractivity contribution in [2.24, 2.45) is 0 Å². The highest BCUT2D eigenvalue weighted by Gasteiger charge is 2.40. The van der Waals surface area contributed by atoms with Gasteiger partial charge in [0.25, 0.3) is 0 Å². The van der Waals surface area contributed by atoms with E-state index >= 15 is 0 Å². The molecule has 0 radical (unpaired) electrons. The first-order valence-electron chi connectivity index (χ1n) is 6.95. The molecule has 1 aliphatic heterocycles. The predicted molar refractivity (Wildman–Crippen MR) is 81.7 cm³/mol. The highest BCUT2D eigenvalue weighted by molar-refractivity contribution is 5.70. The van der Waals surface area contributed by atoms with Crippen molar-refractivity contribution < 1.29 is 9.53 Å². The molecule has 0 N–H and O–H groups in total. The van der Waals surface area contributed by atoms with E-state index in [1.165, 1.54) is 7.11 Å². The standard InChI is InChI=1S/C17H20N2O2/c1-13-7-5-9-15(18-13)10-6-8-14-11-12-19(16(20)21-4)17(14,2)3/h5,7-9H,11-12H2,1-4H3/b14-8+. The van der Waals surface area contributed by atoms with Gasteiger partial charge in [-0.3, -0.25) is 4.90 Å². The Hall–Kier alpha value is -2.28. The summed E-state index contributed by atoms with van der Waals surface area (Å²) < 4.78 is 4.82. The molecule has 21 heavy (non-hydrogen) atoms. The van der Waals surface area contributed by atoms with Crippen LogP contribution in [0.2, 0.25) is 0 Å². The number of nitrogens with zero attached hydrogens (tertiary/aromatic N) is 2. The number of allylic oxidation sites excluding steroid dienone is 1. The van der Waals surface area contributed by atoms with Gasteiger partial charge < -0.3 is 4.74 Å². The van der Waals surface area contributed by atoms with Crippen molar-refractivity contribution in [1.82, 2.24) is 9.88 Å². The number of amides is 1. The average molecular weight is 284 g/mol. The van der Waals surface area contributed by atoms with Crippen LogP contribution in [0.25, 0.3) is 0 Å². The van der Waals surface area contributed by atoms with Gasteiger partial charge in [-0.1, -0.05) is 12.0 Å². The highest BCUT2D eigenvalue weighted by atomic mass is 16.5. The van der Waals surface area contributed by atoms with E-state index in [-0.39, 0.29) is 11.6 Å². The summed E-state index contributed by atoms with van der Waals surface area (Å²) in [5, 5.41) is 0. The van der Waals surface area contributed by atoms with E-state index in [1.54, 1.807) is 4.90 Å². The first-order valence-corrected chi connectivity index (χ1v) is 6.95. The Morgan fingerprint density at radius 1 is 1.48 bits per heavy atom. The predicted octanol–water partition coefficient (Wildman–Crippen LogP) is 2.92. The zero-order valence-electron chi connectivity index (χ0n) is 12.9. The minimum absolute atomic E-state index is 0.295. The fourth-order valence-corrected chi connectivity index (χ4v) is 2.48. The molecule has 1 amide bonds.